The Hall–Kier alpha value is -1.23. The molecule has 1 atom stereocenters. The fourth-order valence-corrected chi connectivity index (χ4v) is 1.89. The van der Waals surface area contributed by atoms with Gasteiger partial charge in [0.2, 0.25) is 0 Å². The van der Waals surface area contributed by atoms with Crippen molar-refractivity contribution in [2.45, 2.75) is 31.6 Å². The molecule has 0 saturated heterocycles. The molecule has 1 rings (SSSR count). The van der Waals surface area contributed by atoms with Gasteiger partial charge in [0, 0.05) is 18.8 Å². The number of hydrogen-bond donors (Lipinski definition) is 1. The molecular weight excluding hydrogens is 238 g/mol. The minimum atomic E-state index is -0.843. The fraction of sp³-hybridized carbons (Fsp3) is 0.500. The third-order valence-electron chi connectivity index (χ3n) is 2.88. The molecule has 1 N–H and O–H groups in total. The van der Waals surface area contributed by atoms with Crippen LogP contribution in [0, 0.1) is 6.92 Å². The van der Waals surface area contributed by atoms with Gasteiger partial charge in [0.15, 0.2) is 0 Å². The first-order valence-electron chi connectivity index (χ1n) is 5.35. The Morgan fingerprint density at radius 3 is 2.71 bits per heavy atom. The van der Waals surface area contributed by atoms with Crippen molar-refractivity contribution in [3.05, 3.63) is 34.2 Å². The number of pyridine rings is 1. The van der Waals surface area contributed by atoms with Crippen LogP contribution < -0.4 is 5.56 Å². The normalized spacial score (nSPS) is 14.3. The van der Waals surface area contributed by atoms with Crippen LogP contribution in [0.5, 0.6) is 0 Å². The van der Waals surface area contributed by atoms with Crippen molar-refractivity contribution in [1.29, 1.82) is 0 Å². The number of hydrogen-bond acceptors (Lipinski definition) is 3. The van der Waals surface area contributed by atoms with Crippen molar-refractivity contribution in [1.82, 2.24) is 4.57 Å². The molecule has 5 heteroatoms. The highest BCUT2D eigenvalue weighted by atomic mass is 32.2. The van der Waals surface area contributed by atoms with Gasteiger partial charge < -0.3 is 9.67 Å². The second-order valence-corrected chi connectivity index (χ2v) is 5.54. The standard InChI is InChI=1S/C12H17NO3S/c1-9-4-6-13(10(14)8-9)7-5-12(2,17-3)11(15)16/h4,6,8H,5,7H2,1-3H3,(H,15,16). The van der Waals surface area contributed by atoms with E-state index in [-0.39, 0.29) is 5.56 Å². The highest BCUT2D eigenvalue weighted by Gasteiger charge is 2.31. The molecule has 1 aromatic rings. The lowest BCUT2D eigenvalue weighted by Gasteiger charge is -2.22. The summed E-state index contributed by atoms with van der Waals surface area (Å²) in [4.78, 5) is 22.7. The van der Waals surface area contributed by atoms with E-state index in [2.05, 4.69) is 0 Å². The first kappa shape index (κ1) is 13.8. The molecule has 0 aliphatic rings. The Kier molecular flexibility index (Phi) is 4.40. The topological polar surface area (TPSA) is 59.3 Å². The van der Waals surface area contributed by atoms with E-state index in [0.717, 1.165) is 5.56 Å². The number of carbonyl (C=O) groups is 1. The van der Waals surface area contributed by atoms with E-state index >= 15 is 0 Å². The van der Waals surface area contributed by atoms with E-state index in [1.165, 1.54) is 11.8 Å². The van der Waals surface area contributed by atoms with Crippen molar-refractivity contribution in [3.63, 3.8) is 0 Å². The highest BCUT2D eigenvalue weighted by molar-refractivity contribution is 8.00. The van der Waals surface area contributed by atoms with E-state index < -0.39 is 10.7 Å². The number of rotatable bonds is 5. The van der Waals surface area contributed by atoms with Crippen molar-refractivity contribution >= 4 is 17.7 Å². The van der Waals surface area contributed by atoms with Gasteiger partial charge in [0.25, 0.3) is 5.56 Å². The van der Waals surface area contributed by atoms with Crippen LogP contribution in [0.15, 0.2) is 23.1 Å². The van der Waals surface area contributed by atoms with E-state index in [0.29, 0.717) is 13.0 Å². The maximum atomic E-state index is 11.6. The van der Waals surface area contributed by atoms with Gasteiger partial charge in [-0.2, -0.15) is 0 Å². The summed E-state index contributed by atoms with van der Waals surface area (Å²) < 4.78 is 0.703. The lowest BCUT2D eigenvalue weighted by atomic mass is 10.1. The molecule has 17 heavy (non-hydrogen) atoms. The summed E-state index contributed by atoms with van der Waals surface area (Å²) >= 11 is 1.29. The van der Waals surface area contributed by atoms with Gasteiger partial charge in [-0.1, -0.05) is 0 Å². The van der Waals surface area contributed by atoms with Gasteiger partial charge >= 0.3 is 5.97 Å². The van der Waals surface area contributed by atoms with Crippen LogP contribution in [0.25, 0.3) is 0 Å². The average Bonchev–Trinajstić information content (AvgIpc) is 2.27. The molecule has 0 aliphatic heterocycles. The molecule has 1 aromatic heterocycles. The van der Waals surface area contributed by atoms with Crippen molar-refractivity contribution in [2.75, 3.05) is 6.26 Å². The zero-order valence-corrected chi connectivity index (χ0v) is 11.1. The molecule has 0 aromatic carbocycles. The van der Waals surface area contributed by atoms with Crippen molar-refractivity contribution < 1.29 is 9.90 Å². The molecular formula is C12H17NO3S. The minimum absolute atomic E-state index is 0.0844. The summed E-state index contributed by atoms with van der Waals surface area (Å²) in [7, 11) is 0. The summed E-state index contributed by atoms with van der Waals surface area (Å²) in [5, 5.41) is 9.12. The molecule has 0 radical (unpaired) electrons. The molecule has 1 heterocycles. The molecule has 1 unspecified atom stereocenters. The van der Waals surface area contributed by atoms with Crippen LogP contribution in [-0.4, -0.2) is 26.6 Å². The highest BCUT2D eigenvalue weighted by Crippen LogP contribution is 2.26. The molecule has 94 valence electrons. The van der Waals surface area contributed by atoms with Gasteiger partial charge in [-0.3, -0.25) is 9.59 Å². The second-order valence-electron chi connectivity index (χ2n) is 4.23. The monoisotopic (exact) mass is 255 g/mol. The van der Waals surface area contributed by atoms with Crippen LogP contribution in [0.3, 0.4) is 0 Å². The van der Waals surface area contributed by atoms with Crippen LogP contribution in [0.2, 0.25) is 0 Å². The Balaban J connectivity index is 2.80. The van der Waals surface area contributed by atoms with Gasteiger partial charge in [0.1, 0.15) is 4.75 Å². The maximum Gasteiger partial charge on any atom is 0.319 e. The summed E-state index contributed by atoms with van der Waals surface area (Å²) in [6.07, 6.45) is 3.90. The lowest BCUT2D eigenvalue weighted by Crippen LogP contribution is -2.34. The zero-order chi connectivity index (χ0) is 13.1. The first-order valence-corrected chi connectivity index (χ1v) is 6.57. The summed E-state index contributed by atoms with van der Waals surface area (Å²) in [5.41, 5.74) is 0.830. The molecule has 0 saturated carbocycles. The van der Waals surface area contributed by atoms with Crippen LogP contribution >= 0.6 is 11.8 Å². The van der Waals surface area contributed by atoms with E-state index in [4.69, 9.17) is 5.11 Å². The quantitative estimate of drug-likeness (QED) is 0.871. The second kappa shape index (κ2) is 5.40. The Morgan fingerprint density at radius 2 is 2.24 bits per heavy atom. The van der Waals surface area contributed by atoms with Crippen molar-refractivity contribution in [2.24, 2.45) is 0 Å². The minimum Gasteiger partial charge on any atom is -0.480 e. The van der Waals surface area contributed by atoms with Gasteiger partial charge in [0.05, 0.1) is 0 Å². The number of aromatic nitrogens is 1. The maximum absolute atomic E-state index is 11.6. The molecule has 0 bridgehead atoms. The third-order valence-corrected chi connectivity index (χ3v) is 4.16. The third kappa shape index (κ3) is 3.36. The van der Waals surface area contributed by atoms with Crippen LogP contribution in [0.1, 0.15) is 18.9 Å². The number of thioether (sulfide) groups is 1. The predicted molar refractivity (Wildman–Crippen MR) is 69.6 cm³/mol. The van der Waals surface area contributed by atoms with Gasteiger partial charge in [-0.05, 0) is 38.2 Å². The summed E-state index contributed by atoms with van der Waals surface area (Å²) in [6.45, 7) is 3.96. The van der Waals surface area contributed by atoms with E-state index in [1.54, 1.807) is 30.0 Å². The SMILES string of the molecule is CSC(C)(CCn1ccc(C)cc1=O)C(=O)O. The summed E-state index contributed by atoms with van der Waals surface area (Å²) in [6, 6.07) is 3.40. The van der Waals surface area contributed by atoms with Gasteiger partial charge in [-0.15, -0.1) is 11.8 Å². The molecule has 4 nitrogen and oxygen atoms in total. The lowest BCUT2D eigenvalue weighted by molar-refractivity contribution is -0.139. The molecule has 0 amide bonds. The zero-order valence-electron chi connectivity index (χ0n) is 10.3. The molecule has 0 spiro atoms. The van der Waals surface area contributed by atoms with Gasteiger partial charge in [-0.25, -0.2) is 0 Å². The number of carboxylic acid groups (broad SMARTS) is 1. The summed E-state index contributed by atoms with van der Waals surface area (Å²) in [5.74, 6) is -0.842. The largest absolute Gasteiger partial charge is 0.480 e. The number of nitrogens with zero attached hydrogens (tertiary/aromatic N) is 1. The predicted octanol–water partition coefficient (Wildman–Crippen LogP) is 1.75. The Labute approximate surface area is 105 Å². The Bertz CT molecular complexity index is 469. The fourth-order valence-electron chi connectivity index (χ4n) is 1.42. The van der Waals surface area contributed by atoms with Crippen molar-refractivity contribution in [3.8, 4) is 0 Å². The number of aryl methyl sites for hydroxylation is 2. The Morgan fingerprint density at radius 1 is 1.59 bits per heavy atom. The smallest absolute Gasteiger partial charge is 0.319 e. The van der Waals surface area contributed by atoms with Crippen LogP contribution in [0.4, 0.5) is 0 Å². The molecule has 0 aliphatic carbocycles. The van der Waals surface area contributed by atoms with E-state index in [1.807, 2.05) is 13.0 Å². The van der Waals surface area contributed by atoms with Crippen LogP contribution in [-0.2, 0) is 11.3 Å². The average molecular weight is 255 g/mol. The number of aliphatic carboxylic acids is 1. The molecule has 0 fully saturated rings. The first-order chi connectivity index (χ1) is 7.89. The number of carboxylic acids is 1. The van der Waals surface area contributed by atoms with E-state index in [9.17, 15) is 9.59 Å².